The Hall–Kier alpha value is -0.910. The smallest absolute Gasteiger partial charge is 0.404 e. The average Bonchev–Trinajstić information content (AvgIpc) is 1.85. The van der Waals surface area contributed by atoms with Gasteiger partial charge in [-0.25, -0.2) is 4.79 Å². The molecule has 0 bridgehead atoms. The molecule has 0 atom stereocenters. The van der Waals surface area contributed by atoms with E-state index in [9.17, 15) is 4.79 Å². The van der Waals surface area contributed by atoms with Crippen molar-refractivity contribution in [3.8, 4) is 0 Å². The molecule has 0 aromatic rings. The monoisotopic (exact) mass is 177 g/mol. The van der Waals surface area contributed by atoms with Crippen molar-refractivity contribution < 1.29 is 9.53 Å². The largest absolute Gasteiger partial charge is 0.450 e. The summed E-state index contributed by atoms with van der Waals surface area (Å²) < 4.78 is 4.44. The van der Waals surface area contributed by atoms with Crippen LogP contribution in [0.15, 0.2) is 0 Å². The third kappa shape index (κ3) is 9.09. The van der Waals surface area contributed by atoms with Crippen molar-refractivity contribution in [2.45, 2.75) is 6.42 Å². The number of rotatable bonds is 4. The maximum absolute atomic E-state index is 10.0. The zero-order valence-corrected chi connectivity index (χ0v) is 6.82. The number of hydrogen-bond donors (Lipinski definition) is 3. The molecular formula is C5H11N3O2S. The van der Waals surface area contributed by atoms with Gasteiger partial charge in [-0.15, -0.1) is 0 Å². The number of amides is 1. The molecule has 1 amide bonds. The molecule has 5 N–H and O–H groups in total. The molecule has 0 aliphatic heterocycles. The van der Waals surface area contributed by atoms with Gasteiger partial charge in [0, 0.05) is 5.75 Å². The Kier molecular flexibility index (Phi) is 5.36. The Balaban J connectivity index is 3.03. The fourth-order valence-electron chi connectivity index (χ4n) is 0.414. The van der Waals surface area contributed by atoms with Crippen molar-refractivity contribution in [1.82, 2.24) is 0 Å². The lowest BCUT2D eigenvalue weighted by molar-refractivity contribution is 0.157. The molecule has 0 spiro atoms. The van der Waals surface area contributed by atoms with E-state index < -0.39 is 6.09 Å². The summed E-state index contributed by atoms with van der Waals surface area (Å²) in [4.78, 5) is 10.0. The molecule has 0 heterocycles. The number of primary amides is 1. The number of carbonyl (C=O) groups is 1. The first kappa shape index (κ1) is 10.1. The number of thioether (sulfide) groups is 1. The van der Waals surface area contributed by atoms with Gasteiger partial charge in [0.25, 0.3) is 0 Å². The van der Waals surface area contributed by atoms with Gasteiger partial charge in [0.05, 0.1) is 6.61 Å². The van der Waals surface area contributed by atoms with Gasteiger partial charge < -0.3 is 16.2 Å². The molecule has 0 aromatic carbocycles. The van der Waals surface area contributed by atoms with Crippen LogP contribution in [-0.4, -0.2) is 23.6 Å². The lowest BCUT2D eigenvalue weighted by Gasteiger charge is -1.99. The van der Waals surface area contributed by atoms with E-state index in [0.29, 0.717) is 12.2 Å². The van der Waals surface area contributed by atoms with Gasteiger partial charge in [0.2, 0.25) is 0 Å². The Morgan fingerprint density at radius 3 is 2.64 bits per heavy atom. The number of hydrogen-bond acceptors (Lipinski definition) is 4. The number of nitrogens with one attached hydrogen (secondary N) is 1. The third-order valence-electron chi connectivity index (χ3n) is 0.791. The summed E-state index contributed by atoms with van der Waals surface area (Å²) in [5.41, 5.74) is 9.75. The molecule has 11 heavy (non-hydrogen) atoms. The molecule has 6 heteroatoms. The standard InChI is InChI=1S/C5H11N3O2S/c6-4(7)11-3-1-2-10-5(8)9/h1-3H2,(H3,6,7)(H2,8,9). The predicted octanol–water partition coefficient (Wildman–Crippen LogP) is 0.0985. The van der Waals surface area contributed by atoms with Crippen LogP contribution in [0.25, 0.3) is 0 Å². The summed E-state index contributed by atoms with van der Waals surface area (Å²) >= 11 is 1.21. The van der Waals surface area contributed by atoms with E-state index in [-0.39, 0.29) is 11.8 Å². The zero-order valence-electron chi connectivity index (χ0n) is 6.00. The first-order valence-corrected chi connectivity index (χ1v) is 4.00. The summed E-state index contributed by atoms with van der Waals surface area (Å²) in [7, 11) is 0. The van der Waals surface area contributed by atoms with Gasteiger partial charge in [0.15, 0.2) is 5.17 Å². The zero-order chi connectivity index (χ0) is 8.69. The molecule has 0 rings (SSSR count). The molecular weight excluding hydrogens is 166 g/mol. The van der Waals surface area contributed by atoms with E-state index >= 15 is 0 Å². The van der Waals surface area contributed by atoms with Crippen LogP contribution in [0.2, 0.25) is 0 Å². The summed E-state index contributed by atoms with van der Waals surface area (Å²) in [6.45, 7) is 0.287. The molecule has 0 aromatic heterocycles. The van der Waals surface area contributed by atoms with Crippen LogP contribution in [0, 0.1) is 5.41 Å². The minimum Gasteiger partial charge on any atom is -0.450 e. The Bertz CT molecular complexity index is 135. The quantitative estimate of drug-likeness (QED) is 0.322. The van der Waals surface area contributed by atoms with Crippen molar-refractivity contribution in [2.24, 2.45) is 11.5 Å². The minimum absolute atomic E-state index is 0.0732. The summed E-state index contributed by atoms with van der Waals surface area (Å²) in [6.07, 6.45) is -0.106. The molecule has 64 valence electrons. The van der Waals surface area contributed by atoms with Crippen LogP contribution in [0.5, 0.6) is 0 Å². The Labute approximate surface area is 69.0 Å². The normalized spacial score (nSPS) is 9.09. The Morgan fingerprint density at radius 1 is 1.55 bits per heavy atom. The summed E-state index contributed by atoms with van der Waals surface area (Å²) in [5, 5.41) is 6.90. The number of nitrogens with two attached hydrogens (primary N) is 2. The summed E-state index contributed by atoms with van der Waals surface area (Å²) in [6, 6.07) is 0. The molecule has 0 saturated heterocycles. The molecule has 0 fully saturated rings. The first-order valence-electron chi connectivity index (χ1n) is 3.02. The van der Waals surface area contributed by atoms with E-state index in [4.69, 9.17) is 16.9 Å². The lowest BCUT2D eigenvalue weighted by atomic mass is 10.5. The van der Waals surface area contributed by atoms with Gasteiger partial charge in [0.1, 0.15) is 0 Å². The molecule has 0 radical (unpaired) electrons. The average molecular weight is 177 g/mol. The highest BCUT2D eigenvalue weighted by Gasteiger charge is 1.94. The first-order chi connectivity index (χ1) is 5.13. The minimum atomic E-state index is -0.766. The predicted molar refractivity (Wildman–Crippen MR) is 44.5 cm³/mol. The molecule has 0 aliphatic rings. The highest BCUT2D eigenvalue weighted by Crippen LogP contribution is 1.99. The van der Waals surface area contributed by atoms with Crippen LogP contribution in [-0.2, 0) is 4.74 Å². The van der Waals surface area contributed by atoms with Crippen molar-refractivity contribution in [3.63, 3.8) is 0 Å². The fourth-order valence-corrected chi connectivity index (χ4v) is 0.896. The second-order valence-electron chi connectivity index (χ2n) is 1.73. The van der Waals surface area contributed by atoms with Gasteiger partial charge in [-0.05, 0) is 6.42 Å². The van der Waals surface area contributed by atoms with Crippen molar-refractivity contribution in [1.29, 1.82) is 5.41 Å². The number of carbonyl (C=O) groups excluding carboxylic acids is 1. The second-order valence-corrected chi connectivity index (χ2v) is 2.87. The van der Waals surface area contributed by atoms with Crippen LogP contribution >= 0.6 is 11.8 Å². The van der Waals surface area contributed by atoms with E-state index in [0.717, 1.165) is 0 Å². The molecule has 0 saturated carbocycles. The maximum Gasteiger partial charge on any atom is 0.404 e. The van der Waals surface area contributed by atoms with E-state index in [2.05, 4.69) is 4.74 Å². The van der Waals surface area contributed by atoms with Crippen LogP contribution in [0.4, 0.5) is 4.79 Å². The lowest BCUT2D eigenvalue weighted by Crippen LogP contribution is -2.14. The van der Waals surface area contributed by atoms with Crippen LogP contribution in [0.3, 0.4) is 0 Å². The highest BCUT2D eigenvalue weighted by molar-refractivity contribution is 8.13. The SMILES string of the molecule is N=C(N)SCCCOC(N)=O. The maximum atomic E-state index is 10.0. The van der Waals surface area contributed by atoms with Gasteiger partial charge >= 0.3 is 6.09 Å². The van der Waals surface area contributed by atoms with Gasteiger partial charge in [-0.2, -0.15) is 0 Å². The number of amidine groups is 1. The topological polar surface area (TPSA) is 102 Å². The molecule has 0 unspecified atom stereocenters. The van der Waals surface area contributed by atoms with Crippen molar-refractivity contribution >= 4 is 23.0 Å². The van der Waals surface area contributed by atoms with Crippen LogP contribution < -0.4 is 11.5 Å². The molecule has 0 aliphatic carbocycles. The van der Waals surface area contributed by atoms with Crippen molar-refractivity contribution in [2.75, 3.05) is 12.4 Å². The van der Waals surface area contributed by atoms with Crippen molar-refractivity contribution in [3.05, 3.63) is 0 Å². The van der Waals surface area contributed by atoms with Crippen LogP contribution in [0.1, 0.15) is 6.42 Å². The van der Waals surface area contributed by atoms with E-state index in [1.165, 1.54) is 11.8 Å². The molecule has 5 nitrogen and oxygen atoms in total. The Morgan fingerprint density at radius 2 is 2.18 bits per heavy atom. The van der Waals surface area contributed by atoms with Gasteiger partial charge in [-0.1, -0.05) is 11.8 Å². The summed E-state index contributed by atoms with van der Waals surface area (Å²) in [5.74, 6) is 0.669. The van der Waals surface area contributed by atoms with E-state index in [1.54, 1.807) is 0 Å². The fraction of sp³-hybridized carbons (Fsp3) is 0.600. The van der Waals surface area contributed by atoms with E-state index in [1.807, 2.05) is 0 Å². The third-order valence-corrected chi connectivity index (χ3v) is 1.59. The second kappa shape index (κ2) is 5.84. The highest BCUT2D eigenvalue weighted by atomic mass is 32.2. The van der Waals surface area contributed by atoms with Gasteiger partial charge in [-0.3, -0.25) is 5.41 Å². The number of ether oxygens (including phenoxy) is 1.